The van der Waals surface area contributed by atoms with Crippen molar-refractivity contribution in [1.82, 2.24) is 0 Å². The molecule has 2 aromatic carbocycles. The number of nitrogens with zero attached hydrogens (tertiary/aromatic N) is 1. The van der Waals surface area contributed by atoms with E-state index in [1.165, 1.54) is 81.8 Å². The number of ether oxygens (including phenoxy) is 2. The number of aryl methyl sites for hydroxylation is 1. The van der Waals surface area contributed by atoms with Gasteiger partial charge in [-0.25, -0.2) is 4.79 Å². The Kier molecular flexibility index (Phi) is 15.0. The highest BCUT2D eigenvalue weighted by Gasteiger charge is 2.35. The summed E-state index contributed by atoms with van der Waals surface area (Å²) in [6.07, 6.45) is 16.9. The molecular formula is C33H52NO3+. The molecule has 0 aromatic heterocycles. The van der Waals surface area contributed by atoms with Crippen LogP contribution in [0.4, 0.5) is 0 Å². The second-order valence-corrected chi connectivity index (χ2v) is 11.0. The van der Waals surface area contributed by atoms with E-state index in [0.717, 1.165) is 18.7 Å². The van der Waals surface area contributed by atoms with E-state index < -0.39 is 0 Å². The van der Waals surface area contributed by atoms with E-state index in [0.29, 0.717) is 10.9 Å². The summed E-state index contributed by atoms with van der Waals surface area (Å²) in [5, 5.41) is 0. The summed E-state index contributed by atoms with van der Waals surface area (Å²) in [5.41, 5.74) is 2.55. The van der Waals surface area contributed by atoms with Gasteiger partial charge >= 0.3 is 5.97 Å². The smallest absolute Gasteiger partial charge is 0.367 e. The molecule has 0 spiro atoms. The average molecular weight is 511 g/mol. The van der Waals surface area contributed by atoms with Crippen molar-refractivity contribution in [2.75, 3.05) is 20.9 Å². The van der Waals surface area contributed by atoms with Crippen LogP contribution in [0.2, 0.25) is 0 Å². The van der Waals surface area contributed by atoms with Gasteiger partial charge in [0, 0.05) is 12.0 Å². The number of likely N-dealkylation sites (N-methyl/N-ethyl adjacent to an activating group) is 1. The molecule has 0 amide bonds. The lowest BCUT2D eigenvalue weighted by Crippen LogP contribution is -2.52. The van der Waals surface area contributed by atoms with Gasteiger partial charge in [0.25, 0.3) is 0 Å². The van der Waals surface area contributed by atoms with Gasteiger partial charge in [-0.3, -0.25) is 0 Å². The van der Waals surface area contributed by atoms with Crippen LogP contribution >= 0.6 is 0 Å². The highest BCUT2D eigenvalue weighted by Crippen LogP contribution is 2.19. The lowest BCUT2D eigenvalue weighted by molar-refractivity contribution is -0.919. The Balaban J connectivity index is 1.61. The standard InChI is InChI=1S/C33H52NO3/c1-5-7-8-9-10-11-12-13-14-15-17-20-29-23-25-31(26-24-29)36-28-37-33(35)32(6-2)34(3,4)27-30-21-18-16-19-22-30/h16,18-19,21-26,32H,5-15,17,20,27-28H2,1-4H3/q+1. The molecule has 4 nitrogen and oxygen atoms in total. The van der Waals surface area contributed by atoms with Crippen LogP contribution in [-0.2, 0) is 22.5 Å². The molecule has 0 saturated carbocycles. The maximum atomic E-state index is 12.8. The first-order chi connectivity index (χ1) is 18.0. The number of carbonyl (C=O) groups excluding carboxylic acids is 1. The fourth-order valence-corrected chi connectivity index (χ4v) is 5.11. The van der Waals surface area contributed by atoms with Gasteiger partial charge in [-0.05, 0) is 30.5 Å². The van der Waals surface area contributed by atoms with Gasteiger partial charge in [-0.2, -0.15) is 0 Å². The predicted octanol–water partition coefficient (Wildman–Crippen LogP) is 8.47. The number of esters is 1. The molecule has 0 saturated heterocycles. The molecule has 0 aliphatic heterocycles. The van der Waals surface area contributed by atoms with E-state index in [9.17, 15) is 4.79 Å². The summed E-state index contributed by atoms with van der Waals surface area (Å²) in [4.78, 5) is 12.8. The van der Waals surface area contributed by atoms with Gasteiger partial charge in [-0.1, -0.05) is 121 Å². The molecule has 2 rings (SSSR count). The lowest BCUT2D eigenvalue weighted by Gasteiger charge is -2.36. The number of quaternary nitrogens is 1. The number of rotatable bonds is 20. The molecule has 1 atom stereocenters. The highest BCUT2D eigenvalue weighted by molar-refractivity contribution is 5.74. The molecule has 4 heteroatoms. The van der Waals surface area contributed by atoms with E-state index in [1.54, 1.807) is 0 Å². The highest BCUT2D eigenvalue weighted by atomic mass is 16.7. The summed E-state index contributed by atoms with van der Waals surface area (Å²) in [7, 11) is 4.16. The zero-order chi connectivity index (χ0) is 26.8. The zero-order valence-corrected chi connectivity index (χ0v) is 24.1. The summed E-state index contributed by atoms with van der Waals surface area (Å²) in [6.45, 7) is 5.03. The second kappa shape index (κ2) is 18.0. The predicted molar refractivity (Wildman–Crippen MR) is 155 cm³/mol. The number of hydrogen-bond acceptors (Lipinski definition) is 3. The fourth-order valence-electron chi connectivity index (χ4n) is 5.11. The van der Waals surface area contributed by atoms with Crippen LogP contribution in [-0.4, -0.2) is 37.4 Å². The van der Waals surface area contributed by atoms with Crippen molar-refractivity contribution in [1.29, 1.82) is 0 Å². The molecule has 0 heterocycles. The van der Waals surface area contributed by atoms with Crippen LogP contribution in [0.5, 0.6) is 5.75 Å². The van der Waals surface area contributed by atoms with Crippen molar-refractivity contribution >= 4 is 5.97 Å². The molecule has 0 bridgehead atoms. The largest absolute Gasteiger partial charge is 0.457 e. The van der Waals surface area contributed by atoms with Crippen molar-refractivity contribution in [3.05, 3.63) is 65.7 Å². The summed E-state index contributed by atoms with van der Waals surface area (Å²) in [6, 6.07) is 18.3. The SMILES string of the molecule is CCCCCCCCCCCCCc1ccc(OCOC(=O)C(CC)[N+](C)(C)Cc2ccccc2)cc1. The maximum absolute atomic E-state index is 12.8. The van der Waals surface area contributed by atoms with Gasteiger partial charge in [-0.15, -0.1) is 0 Å². The average Bonchev–Trinajstić information content (AvgIpc) is 2.88. The van der Waals surface area contributed by atoms with Gasteiger partial charge in [0.2, 0.25) is 6.79 Å². The van der Waals surface area contributed by atoms with E-state index in [2.05, 4.69) is 45.3 Å². The number of hydrogen-bond donors (Lipinski definition) is 0. The third-order valence-electron chi connectivity index (χ3n) is 7.35. The Morgan fingerprint density at radius 3 is 1.86 bits per heavy atom. The molecule has 37 heavy (non-hydrogen) atoms. The van der Waals surface area contributed by atoms with E-state index in [-0.39, 0.29) is 18.8 Å². The molecule has 1 unspecified atom stereocenters. The Labute approximate surface area is 227 Å². The minimum Gasteiger partial charge on any atom is -0.457 e. The zero-order valence-electron chi connectivity index (χ0n) is 24.1. The Hall–Kier alpha value is -2.33. The molecule has 0 aliphatic rings. The van der Waals surface area contributed by atoms with Crippen molar-refractivity contribution in [3.8, 4) is 5.75 Å². The van der Waals surface area contributed by atoms with Gasteiger partial charge in [0.15, 0.2) is 6.04 Å². The normalized spacial score (nSPS) is 12.3. The maximum Gasteiger partial charge on any atom is 0.367 e. The van der Waals surface area contributed by atoms with Gasteiger partial charge in [0.1, 0.15) is 12.3 Å². The first-order valence-corrected chi connectivity index (χ1v) is 14.7. The first kappa shape index (κ1) is 30.9. The Morgan fingerprint density at radius 1 is 0.730 bits per heavy atom. The molecule has 0 fully saturated rings. The lowest BCUT2D eigenvalue weighted by atomic mass is 10.0. The number of benzene rings is 2. The van der Waals surface area contributed by atoms with Crippen molar-refractivity contribution in [3.63, 3.8) is 0 Å². The van der Waals surface area contributed by atoms with E-state index in [4.69, 9.17) is 9.47 Å². The number of unbranched alkanes of at least 4 members (excludes halogenated alkanes) is 10. The fraction of sp³-hybridized carbons (Fsp3) is 0.606. The first-order valence-electron chi connectivity index (χ1n) is 14.7. The van der Waals surface area contributed by atoms with E-state index >= 15 is 0 Å². The van der Waals surface area contributed by atoms with Crippen LogP contribution in [0.25, 0.3) is 0 Å². The Morgan fingerprint density at radius 2 is 1.30 bits per heavy atom. The topological polar surface area (TPSA) is 35.5 Å². The van der Waals surface area contributed by atoms with Crippen molar-refractivity contribution in [2.24, 2.45) is 0 Å². The van der Waals surface area contributed by atoms with Crippen LogP contribution < -0.4 is 4.74 Å². The molecule has 206 valence electrons. The Bertz CT molecular complexity index is 848. The van der Waals surface area contributed by atoms with Crippen LogP contribution in [0, 0.1) is 0 Å². The minimum atomic E-state index is -0.239. The second-order valence-electron chi connectivity index (χ2n) is 11.0. The molecule has 2 aromatic rings. The van der Waals surface area contributed by atoms with Crippen molar-refractivity contribution in [2.45, 2.75) is 110 Å². The van der Waals surface area contributed by atoms with Gasteiger partial charge in [0.05, 0.1) is 14.1 Å². The van der Waals surface area contributed by atoms with Crippen LogP contribution in [0.1, 0.15) is 102 Å². The number of carbonyl (C=O) groups is 1. The monoisotopic (exact) mass is 510 g/mol. The summed E-state index contributed by atoms with van der Waals surface area (Å²) >= 11 is 0. The summed E-state index contributed by atoms with van der Waals surface area (Å²) in [5.74, 6) is 0.526. The molecule has 0 radical (unpaired) electrons. The third-order valence-corrected chi connectivity index (χ3v) is 7.35. The van der Waals surface area contributed by atoms with Gasteiger partial charge < -0.3 is 14.0 Å². The van der Waals surface area contributed by atoms with Crippen molar-refractivity contribution < 1.29 is 18.8 Å². The van der Waals surface area contributed by atoms with Crippen LogP contribution in [0.3, 0.4) is 0 Å². The quantitative estimate of drug-likeness (QED) is 0.0775. The third kappa shape index (κ3) is 12.6. The minimum absolute atomic E-state index is 0.0569. The van der Waals surface area contributed by atoms with Crippen LogP contribution in [0.15, 0.2) is 54.6 Å². The summed E-state index contributed by atoms with van der Waals surface area (Å²) < 4.78 is 11.8. The molecule has 0 N–H and O–H groups in total. The molecular weight excluding hydrogens is 458 g/mol. The van der Waals surface area contributed by atoms with E-state index in [1.807, 2.05) is 37.3 Å². The molecule has 0 aliphatic carbocycles.